The molecule has 1 aromatic carbocycles. The van der Waals surface area contributed by atoms with Crippen molar-refractivity contribution >= 4 is 0 Å². The van der Waals surface area contributed by atoms with Crippen molar-refractivity contribution in [1.82, 2.24) is 5.32 Å². The summed E-state index contributed by atoms with van der Waals surface area (Å²) in [6.07, 6.45) is 3.27. The normalized spacial score (nSPS) is 17.9. The molecule has 20 heavy (non-hydrogen) atoms. The molecule has 0 saturated heterocycles. The van der Waals surface area contributed by atoms with Crippen LogP contribution in [0.2, 0.25) is 0 Å². The Morgan fingerprint density at radius 3 is 2.35 bits per heavy atom. The van der Waals surface area contributed by atoms with Crippen LogP contribution in [-0.4, -0.2) is 29.9 Å². The molecular weight excluding hydrogens is 250 g/mol. The average molecular weight is 277 g/mol. The van der Waals surface area contributed by atoms with E-state index in [-0.39, 0.29) is 12.1 Å². The summed E-state index contributed by atoms with van der Waals surface area (Å²) < 4.78 is 5.97. The predicted molar refractivity (Wildman–Crippen MR) is 82.4 cm³/mol. The zero-order valence-electron chi connectivity index (χ0n) is 13.1. The van der Waals surface area contributed by atoms with Crippen LogP contribution >= 0.6 is 0 Å². The van der Waals surface area contributed by atoms with Crippen LogP contribution in [0.1, 0.15) is 42.9 Å². The topological polar surface area (TPSA) is 41.5 Å². The Balaban J connectivity index is 1.91. The van der Waals surface area contributed by atoms with Crippen molar-refractivity contribution in [2.45, 2.75) is 58.5 Å². The van der Waals surface area contributed by atoms with Crippen LogP contribution < -0.4 is 10.1 Å². The van der Waals surface area contributed by atoms with Gasteiger partial charge in [-0.05, 0) is 51.7 Å². The van der Waals surface area contributed by atoms with Crippen molar-refractivity contribution < 1.29 is 9.84 Å². The van der Waals surface area contributed by atoms with Crippen LogP contribution in [0.25, 0.3) is 0 Å². The van der Waals surface area contributed by atoms with Gasteiger partial charge in [0, 0.05) is 18.0 Å². The van der Waals surface area contributed by atoms with Gasteiger partial charge in [-0.15, -0.1) is 0 Å². The van der Waals surface area contributed by atoms with Gasteiger partial charge in [0.15, 0.2) is 0 Å². The molecule has 1 unspecified atom stereocenters. The van der Waals surface area contributed by atoms with E-state index in [0.717, 1.165) is 12.2 Å². The van der Waals surface area contributed by atoms with Crippen LogP contribution in [0.4, 0.5) is 0 Å². The lowest BCUT2D eigenvalue weighted by Gasteiger charge is -2.29. The Morgan fingerprint density at radius 1 is 1.25 bits per heavy atom. The summed E-state index contributed by atoms with van der Waals surface area (Å²) in [4.78, 5) is 0. The first-order chi connectivity index (χ1) is 9.43. The van der Waals surface area contributed by atoms with Crippen LogP contribution in [0.3, 0.4) is 0 Å². The number of nitrogens with one attached hydrogen (secondary N) is 1. The molecule has 3 heteroatoms. The molecule has 1 fully saturated rings. The molecule has 0 aliphatic heterocycles. The quantitative estimate of drug-likeness (QED) is 0.805. The molecule has 0 heterocycles. The third-order valence-electron chi connectivity index (χ3n) is 3.98. The SMILES string of the molecule is Cc1cc(C)c(OCCC(C)(CO)NC2CC2)c(C)c1. The highest BCUT2D eigenvalue weighted by atomic mass is 16.5. The predicted octanol–water partition coefficient (Wildman–Crippen LogP) is 2.88. The number of ether oxygens (including phenoxy) is 1. The Labute approximate surface area is 122 Å². The summed E-state index contributed by atoms with van der Waals surface area (Å²) >= 11 is 0. The number of hydrogen-bond acceptors (Lipinski definition) is 3. The molecular formula is C17H27NO2. The fourth-order valence-corrected chi connectivity index (χ4v) is 2.69. The fraction of sp³-hybridized carbons (Fsp3) is 0.647. The molecule has 0 aromatic heterocycles. The minimum Gasteiger partial charge on any atom is -0.493 e. The molecule has 1 aliphatic rings. The van der Waals surface area contributed by atoms with E-state index in [1.54, 1.807) is 0 Å². The van der Waals surface area contributed by atoms with E-state index in [9.17, 15) is 5.11 Å². The van der Waals surface area contributed by atoms with Gasteiger partial charge in [-0.25, -0.2) is 0 Å². The largest absolute Gasteiger partial charge is 0.493 e. The van der Waals surface area contributed by atoms with Crippen molar-refractivity contribution in [3.8, 4) is 5.75 Å². The van der Waals surface area contributed by atoms with Crippen LogP contribution in [-0.2, 0) is 0 Å². The summed E-state index contributed by atoms with van der Waals surface area (Å²) in [7, 11) is 0. The average Bonchev–Trinajstić information content (AvgIpc) is 3.16. The van der Waals surface area contributed by atoms with Gasteiger partial charge < -0.3 is 15.2 Å². The zero-order chi connectivity index (χ0) is 14.8. The second-order valence-electron chi connectivity index (χ2n) is 6.46. The summed E-state index contributed by atoms with van der Waals surface area (Å²) in [6.45, 7) is 9.13. The highest BCUT2D eigenvalue weighted by molar-refractivity contribution is 5.42. The van der Waals surface area contributed by atoms with E-state index in [4.69, 9.17) is 4.74 Å². The molecule has 1 saturated carbocycles. The van der Waals surface area contributed by atoms with E-state index in [1.807, 2.05) is 0 Å². The van der Waals surface area contributed by atoms with Gasteiger partial charge >= 0.3 is 0 Å². The lowest BCUT2D eigenvalue weighted by molar-refractivity contribution is 0.142. The third kappa shape index (κ3) is 3.97. The minimum absolute atomic E-state index is 0.152. The van der Waals surface area contributed by atoms with Crippen LogP contribution in [0, 0.1) is 20.8 Å². The Morgan fingerprint density at radius 2 is 1.85 bits per heavy atom. The highest BCUT2D eigenvalue weighted by Crippen LogP contribution is 2.26. The fourth-order valence-electron chi connectivity index (χ4n) is 2.69. The molecule has 1 aromatic rings. The summed E-state index contributed by atoms with van der Waals surface area (Å²) in [5.41, 5.74) is 3.41. The van der Waals surface area contributed by atoms with E-state index < -0.39 is 0 Å². The number of aliphatic hydroxyl groups is 1. The molecule has 0 spiro atoms. The van der Waals surface area contributed by atoms with Gasteiger partial charge in [-0.1, -0.05) is 17.7 Å². The van der Waals surface area contributed by atoms with Crippen molar-refractivity contribution in [3.63, 3.8) is 0 Å². The molecule has 1 aliphatic carbocycles. The molecule has 112 valence electrons. The molecule has 2 rings (SSSR count). The van der Waals surface area contributed by atoms with E-state index >= 15 is 0 Å². The first kappa shape index (κ1) is 15.3. The summed E-state index contributed by atoms with van der Waals surface area (Å²) in [5.74, 6) is 0.988. The van der Waals surface area contributed by atoms with Crippen LogP contribution in [0.5, 0.6) is 5.75 Å². The van der Waals surface area contributed by atoms with Crippen molar-refractivity contribution in [2.24, 2.45) is 0 Å². The van der Waals surface area contributed by atoms with Crippen molar-refractivity contribution in [1.29, 1.82) is 0 Å². The number of hydrogen-bond donors (Lipinski definition) is 2. The maximum atomic E-state index is 9.59. The minimum atomic E-state index is -0.228. The molecule has 3 nitrogen and oxygen atoms in total. The van der Waals surface area contributed by atoms with Gasteiger partial charge in [0.1, 0.15) is 5.75 Å². The lowest BCUT2D eigenvalue weighted by Crippen LogP contribution is -2.48. The van der Waals surface area contributed by atoms with Gasteiger partial charge in [-0.3, -0.25) is 0 Å². The first-order valence-electron chi connectivity index (χ1n) is 7.53. The Bertz CT molecular complexity index is 445. The second kappa shape index (κ2) is 6.15. The Hall–Kier alpha value is -1.06. The summed E-state index contributed by atoms with van der Waals surface area (Å²) in [5, 5.41) is 13.1. The summed E-state index contributed by atoms with van der Waals surface area (Å²) in [6, 6.07) is 4.89. The molecule has 0 amide bonds. The van der Waals surface area contributed by atoms with Crippen molar-refractivity contribution in [3.05, 3.63) is 28.8 Å². The lowest BCUT2D eigenvalue weighted by atomic mass is 9.99. The van der Waals surface area contributed by atoms with E-state index in [0.29, 0.717) is 12.6 Å². The van der Waals surface area contributed by atoms with Gasteiger partial charge in [-0.2, -0.15) is 0 Å². The third-order valence-corrected chi connectivity index (χ3v) is 3.98. The van der Waals surface area contributed by atoms with E-state index in [2.05, 4.69) is 45.1 Å². The number of aryl methyl sites for hydroxylation is 3. The maximum Gasteiger partial charge on any atom is 0.125 e. The molecule has 0 radical (unpaired) electrons. The number of aliphatic hydroxyl groups excluding tert-OH is 1. The molecule has 2 N–H and O–H groups in total. The smallest absolute Gasteiger partial charge is 0.125 e. The van der Waals surface area contributed by atoms with E-state index in [1.165, 1.54) is 29.5 Å². The van der Waals surface area contributed by atoms with Crippen LogP contribution in [0.15, 0.2) is 12.1 Å². The number of benzene rings is 1. The maximum absolute atomic E-state index is 9.59. The monoisotopic (exact) mass is 277 g/mol. The van der Waals surface area contributed by atoms with Gasteiger partial charge in [0.2, 0.25) is 0 Å². The highest BCUT2D eigenvalue weighted by Gasteiger charge is 2.31. The van der Waals surface area contributed by atoms with Crippen molar-refractivity contribution in [2.75, 3.05) is 13.2 Å². The first-order valence-corrected chi connectivity index (χ1v) is 7.53. The van der Waals surface area contributed by atoms with Gasteiger partial charge in [0.05, 0.1) is 13.2 Å². The number of rotatable bonds is 7. The molecule has 0 bridgehead atoms. The Kier molecular flexibility index (Phi) is 4.71. The molecule has 1 atom stereocenters. The second-order valence-corrected chi connectivity index (χ2v) is 6.46. The van der Waals surface area contributed by atoms with Gasteiger partial charge in [0.25, 0.3) is 0 Å². The standard InChI is InChI=1S/C17H27NO2/c1-12-9-13(2)16(14(3)10-12)20-8-7-17(4,11-19)18-15-5-6-15/h9-10,15,18-19H,5-8,11H2,1-4H3. The zero-order valence-corrected chi connectivity index (χ0v) is 13.1.